The van der Waals surface area contributed by atoms with E-state index < -0.39 is 0 Å². The van der Waals surface area contributed by atoms with E-state index in [9.17, 15) is 14.7 Å². The second-order valence-corrected chi connectivity index (χ2v) is 5.84. The van der Waals surface area contributed by atoms with E-state index in [-0.39, 0.29) is 18.1 Å². The summed E-state index contributed by atoms with van der Waals surface area (Å²) in [5.74, 6) is -0.148. The van der Waals surface area contributed by atoms with Crippen molar-refractivity contribution in [1.82, 2.24) is 14.8 Å². The van der Waals surface area contributed by atoms with Gasteiger partial charge in [0, 0.05) is 31.9 Å². The number of carbonyl (C=O) groups is 1. The van der Waals surface area contributed by atoms with Gasteiger partial charge < -0.3 is 15.0 Å². The Morgan fingerprint density at radius 3 is 2.95 bits per heavy atom. The number of nitrogens with one attached hydrogen (secondary N) is 1. The van der Waals surface area contributed by atoms with Gasteiger partial charge in [0.1, 0.15) is 0 Å². The van der Waals surface area contributed by atoms with E-state index in [0.29, 0.717) is 18.2 Å². The van der Waals surface area contributed by atoms with Gasteiger partial charge in [0.15, 0.2) is 0 Å². The highest BCUT2D eigenvalue weighted by Crippen LogP contribution is 2.16. The number of aromatic nitrogens is 1. The average Bonchev–Trinajstić information content (AvgIpc) is 2.97. The number of nitrogens with zero attached hydrogens (tertiary/aromatic N) is 2. The minimum atomic E-state index is -0.148. The molecule has 1 aliphatic heterocycles. The third-order valence-electron chi connectivity index (χ3n) is 4.22. The van der Waals surface area contributed by atoms with Gasteiger partial charge in [0.2, 0.25) is 5.56 Å². The Bertz CT molecular complexity index is 556. The summed E-state index contributed by atoms with van der Waals surface area (Å²) < 4.78 is 1.40. The van der Waals surface area contributed by atoms with E-state index in [0.717, 1.165) is 38.8 Å². The van der Waals surface area contributed by atoms with Gasteiger partial charge >= 0.3 is 0 Å². The van der Waals surface area contributed by atoms with Crippen LogP contribution in [0.4, 0.5) is 0 Å². The Kier molecular flexibility index (Phi) is 6.15. The summed E-state index contributed by atoms with van der Waals surface area (Å²) in [4.78, 5) is 25.6. The highest BCUT2D eigenvalue weighted by atomic mass is 16.3. The summed E-state index contributed by atoms with van der Waals surface area (Å²) in [6.07, 6.45) is 5.71. The first kappa shape index (κ1) is 16.7. The lowest BCUT2D eigenvalue weighted by molar-refractivity contribution is 0.0951. The summed E-state index contributed by atoms with van der Waals surface area (Å²) in [5, 5.41) is 12.1. The third kappa shape index (κ3) is 4.42. The standard InChI is InChI=1S/C16H25N3O3/c1-18-11-13(6-7-15(18)21)16(22)17-8-2-3-9-19-10-4-5-14(19)12-20/h6-7,11,14,20H,2-5,8-10,12H2,1H3,(H,17,22). The van der Waals surface area contributed by atoms with E-state index in [1.165, 1.54) is 10.6 Å². The Labute approximate surface area is 130 Å². The van der Waals surface area contributed by atoms with Crippen LogP contribution in [0.2, 0.25) is 0 Å². The average molecular weight is 307 g/mol. The SMILES string of the molecule is Cn1cc(C(=O)NCCCCN2CCCC2CO)ccc1=O. The van der Waals surface area contributed by atoms with Crippen LogP contribution in [0.15, 0.2) is 23.1 Å². The molecule has 0 saturated carbocycles. The number of rotatable bonds is 7. The van der Waals surface area contributed by atoms with Gasteiger partial charge in [0.05, 0.1) is 12.2 Å². The molecule has 1 saturated heterocycles. The molecule has 2 heterocycles. The first-order valence-electron chi connectivity index (χ1n) is 7.91. The van der Waals surface area contributed by atoms with Crippen molar-refractivity contribution in [2.24, 2.45) is 7.05 Å². The molecule has 22 heavy (non-hydrogen) atoms. The van der Waals surface area contributed by atoms with Gasteiger partial charge in [-0.1, -0.05) is 0 Å². The Balaban J connectivity index is 1.67. The van der Waals surface area contributed by atoms with E-state index in [1.54, 1.807) is 19.3 Å². The maximum atomic E-state index is 12.0. The van der Waals surface area contributed by atoms with Crippen LogP contribution < -0.4 is 10.9 Å². The number of aliphatic hydroxyl groups excluding tert-OH is 1. The molecule has 0 aliphatic carbocycles. The second kappa shape index (κ2) is 8.10. The van der Waals surface area contributed by atoms with Gasteiger partial charge in [0.25, 0.3) is 5.91 Å². The molecule has 0 aromatic carbocycles. The smallest absolute Gasteiger partial charge is 0.252 e. The highest BCUT2D eigenvalue weighted by molar-refractivity contribution is 5.93. The largest absolute Gasteiger partial charge is 0.395 e. The molecule has 1 unspecified atom stereocenters. The van der Waals surface area contributed by atoms with Crippen molar-refractivity contribution in [2.45, 2.75) is 31.7 Å². The predicted octanol–water partition coefficient (Wildman–Crippen LogP) is 0.352. The van der Waals surface area contributed by atoms with Gasteiger partial charge in [-0.05, 0) is 44.8 Å². The molecule has 2 rings (SSSR count). The van der Waals surface area contributed by atoms with Crippen LogP contribution in [0.5, 0.6) is 0 Å². The quantitative estimate of drug-likeness (QED) is 0.713. The van der Waals surface area contributed by atoms with Crippen LogP contribution in [0.1, 0.15) is 36.0 Å². The lowest BCUT2D eigenvalue weighted by atomic mass is 10.2. The number of hydrogen-bond acceptors (Lipinski definition) is 4. The van der Waals surface area contributed by atoms with Crippen LogP contribution in [0.25, 0.3) is 0 Å². The lowest BCUT2D eigenvalue weighted by Gasteiger charge is -2.22. The van der Waals surface area contributed by atoms with Crippen LogP contribution in [0, 0.1) is 0 Å². The van der Waals surface area contributed by atoms with E-state index in [1.807, 2.05) is 0 Å². The fraction of sp³-hybridized carbons (Fsp3) is 0.625. The number of amides is 1. The van der Waals surface area contributed by atoms with Crippen molar-refractivity contribution in [3.05, 3.63) is 34.2 Å². The number of aliphatic hydroxyl groups is 1. The molecule has 2 N–H and O–H groups in total. The molecular weight excluding hydrogens is 282 g/mol. The van der Waals surface area contributed by atoms with E-state index in [4.69, 9.17) is 0 Å². The molecule has 6 heteroatoms. The van der Waals surface area contributed by atoms with Crippen LogP contribution in [-0.4, -0.2) is 52.8 Å². The maximum absolute atomic E-state index is 12.0. The van der Waals surface area contributed by atoms with Crippen molar-refractivity contribution in [3.63, 3.8) is 0 Å². The minimum Gasteiger partial charge on any atom is -0.395 e. The zero-order chi connectivity index (χ0) is 15.9. The number of carbonyl (C=O) groups excluding carboxylic acids is 1. The molecule has 1 aromatic heterocycles. The molecule has 122 valence electrons. The summed E-state index contributed by atoms with van der Waals surface area (Å²) in [6, 6.07) is 3.27. The normalized spacial score (nSPS) is 18.5. The number of likely N-dealkylation sites (tertiary alicyclic amines) is 1. The van der Waals surface area contributed by atoms with Crippen molar-refractivity contribution < 1.29 is 9.90 Å². The summed E-state index contributed by atoms with van der Waals surface area (Å²) in [5.41, 5.74) is 0.377. The number of hydrogen-bond donors (Lipinski definition) is 2. The Morgan fingerprint density at radius 2 is 2.23 bits per heavy atom. The van der Waals surface area contributed by atoms with Crippen molar-refractivity contribution in [3.8, 4) is 0 Å². The zero-order valence-corrected chi connectivity index (χ0v) is 13.1. The maximum Gasteiger partial charge on any atom is 0.252 e. The minimum absolute atomic E-state index is 0.124. The molecule has 1 atom stereocenters. The van der Waals surface area contributed by atoms with Crippen molar-refractivity contribution in [1.29, 1.82) is 0 Å². The molecule has 1 fully saturated rings. The first-order valence-corrected chi connectivity index (χ1v) is 7.91. The number of pyridine rings is 1. The fourth-order valence-corrected chi connectivity index (χ4v) is 2.87. The molecule has 1 amide bonds. The van der Waals surface area contributed by atoms with Crippen molar-refractivity contribution >= 4 is 5.91 Å². The van der Waals surface area contributed by atoms with E-state index >= 15 is 0 Å². The van der Waals surface area contributed by atoms with Crippen molar-refractivity contribution in [2.75, 3.05) is 26.2 Å². The molecule has 6 nitrogen and oxygen atoms in total. The van der Waals surface area contributed by atoms with Crippen LogP contribution in [0.3, 0.4) is 0 Å². The predicted molar refractivity (Wildman–Crippen MR) is 84.9 cm³/mol. The third-order valence-corrected chi connectivity index (χ3v) is 4.22. The molecule has 0 radical (unpaired) electrons. The number of aryl methyl sites for hydroxylation is 1. The molecular formula is C16H25N3O3. The monoisotopic (exact) mass is 307 g/mol. The summed E-state index contributed by atoms with van der Waals surface area (Å²) in [7, 11) is 1.63. The first-order chi connectivity index (χ1) is 10.6. The Hall–Kier alpha value is -1.66. The van der Waals surface area contributed by atoms with Crippen LogP contribution >= 0.6 is 0 Å². The molecule has 0 bridgehead atoms. The molecule has 1 aliphatic rings. The number of unbranched alkanes of at least 4 members (excludes halogenated alkanes) is 1. The second-order valence-electron chi connectivity index (χ2n) is 5.84. The van der Waals surface area contributed by atoms with Gasteiger partial charge in [-0.25, -0.2) is 0 Å². The Morgan fingerprint density at radius 1 is 1.41 bits per heavy atom. The summed E-state index contributed by atoms with van der Waals surface area (Å²) >= 11 is 0. The van der Waals surface area contributed by atoms with Gasteiger partial charge in [-0.2, -0.15) is 0 Å². The molecule has 0 spiro atoms. The lowest BCUT2D eigenvalue weighted by Crippen LogP contribution is -2.33. The van der Waals surface area contributed by atoms with Gasteiger partial charge in [-0.15, -0.1) is 0 Å². The van der Waals surface area contributed by atoms with E-state index in [2.05, 4.69) is 10.2 Å². The fourth-order valence-electron chi connectivity index (χ4n) is 2.87. The topological polar surface area (TPSA) is 74.6 Å². The van der Waals surface area contributed by atoms with Gasteiger partial charge in [-0.3, -0.25) is 14.5 Å². The van der Waals surface area contributed by atoms with Crippen LogP contribution in [-0.2, 0) is 7.05 Å². The highest BCUT2D eigenvalue weighted by Gasteiger charge is 2.22. The zero-order valence-electron chi connectivity index (χ0n) is 13.1. The summed E-state index contributed by atoms with van der Waals surface area (Å²) in [6.45, 7) is 2.90. The molecule has 1 aromatic rings.